The van der Waals surface area contributed by atoms with Crippen molar-refractivity contribution < 1.29 is 28.3 Å². The van der Waals surface area contributed by atoms with Crippen molar-refractivity contribution in [2.75, 3.05) is 26.4 Å². The number of thiazole rings is 1. The molecule has 1 atom stereocenters. The van der Waals surface area contributed by atoms with Crippen LogP contribution in [0, 0.1) is 12.8 Å². The molecule has 0 fully saturated rings. The summed E-state index contributed by atoms with van der Waals surface area (Å²) in [5, 5.41) is 14.5. The van der Waals surface area contributed by atoms with Gasteiger partial charge in [-0.15, -0.1) is 11.3 Å². The van der Waals surface area contributed by atoms with E-state index in [1.807, 2.05) is 13.8 Å². The Hall–Kier alpha value is -1.77. The number of hydrogen-bond donors (Lipinski definition) is 2. The average Bonchev–Trinajstić information content (AvgIpc) is 3.11. The highest BCUT2D eigenvalue weighted by molar-refractivity contribution is 7.54. The van der Waals surface area contributed by atoms with Gasteiger partial charge in [-0.25, -0.2) is 9.78 Å². The van der Waals surface area contributed by atoms with Crippen LogP contribution in [0.15, 0.2) is 18.2 Å². The summed E-state index contributed by atoms with van der Waals surface area (Å²) in [6, 6.07) is 4.95. The van der Waals surface area contributed by atoms with E-state index in [0.717, 1.165) is 0 Å². The molecule has 0 bridgehead atoms. The highest BCUT2D eigenvalue weighted by Gasteiger charge is 2.38. The topological polar surface area (TPSA) is 107 Å². The van der Waals surface area contributed by atoms with Crippen molar-refractivity contribution in [3.63, 3.8) is 0 Å². The molecule has 32 heavy (non-hydrogen) atoms. The zero-order valence-electron chi connectivity index (χ0n) is 19.5. The van der Waals surface area contributed by atoms with Crippen LogP contribution in [0.3, 0.4) is 0 Å². The maximum absolute atomic E-state index is 13.7. The Balaban J connectivity index is 2.54. The largest absolute Gasteiger partial charge is 0.508 e. The first-order valence-corrected chi connectivity index (χ1v) is 13.2. The lowest BCUT2D eigenvalue weighted by Gasteiger charge is -2.28. The minimum atomic E-state index is -3.64. The molecule has 0 aliphatic heterocycles. The van der Waals surface area contributed by atoms with Gasteiger partial charge in [0.25, 0.3) is 0 Å². The van der Waals surface area contributed by atoms with Crippen LogP contribution in [-0.2, 0) is 18.3 Å². The van der Waals surface area contributed by atoms with Crippen molar-refractivity contribution in [3.05, 3.63) is 34.3 Å². The van der Waals surface area contributed by atoms with Crippen molar-refractivity contribution in [1.82, 2.24) is 10.3 Å². The Bertz CT molecular complexity index is 952. The fraction of sp³-hybridized carbons (Fsp3) is 0.545. The van der Waals surface area contributed by atoms with Gasteiger partial charge < -0.3 is 18.9 Å². The number of phenolic OH excluding ortho intramolecular Hbond substituents is 1. The molecule has 2 N–H and O–H groups in total. The van der Waals surface area contributed by atoms with Crippen LogP contribution in [0.25, 0.3) is 10.6 Å². The Morgan fingerprint density at radius 1 is 1.19 bits per heavy atom. The summed E-state index contributed by atoms with van der Waals surface area (Å²) in [5.41, 5.74) is 1.64. The summed E-state index contributed by atoms with van der Waals surface area (Å²) < 4.78 is 29.9. The summed E-state index contributed by atoms with van der Waals surface area (Å²) in [6.45, 7) is 12.3. The van der Waals surface area contributed by atoms with Gasteiger partial charge in [-0.05, 0) is 58.4 Å². The minimum absolute atomic E-state index is 0.0338. The van der Waals surface area contributed by atoms with Crippen molar-refractivity contribution in [1.29, 1.82) is 0 Å². The van der Waals surface area contributed by atoms with Gasteiger partial charge in [-0.3, -0.25) is 9.88 Å². The number of benzene rings is 1. The highest BCUT2D eigenvalue weighted by Crippen LogP contribution is 2.61. The van der Waals surface area contributed by atoms with Crippen LogP contribution in [0.1, 0.15) is 61.3 Å². The molecule has 1 heterocycles. The fourth-order valence-electron chi connectivity index (χ4n) is 3.10. The van der Waals surface area contributed by atoms with E-state index in [0.29, 0.717) is 33.3 Å². The molecule has 2 rings (SSSR count). The molecular formula is C22H33N2O6PS. The van der Waals surface area contributed by atoms with E-state index >= 15 is 0 Å². The van der Waals surface area contributed by atoms with Crippen molar-refractivity contribution in [2.24, 2.45) is 5.92 Å². The van der Waals surface area contributed by atoms with Crippen molar-refractivity contribution >= 4 is 24.9 Å². The van der Waals surface area contributed by atoms with E-state index < -0.39 is 19.3 Å². The van der Waals surface area contributed by atoms with Crippen LogP contribution >= 0.6 is 18.9 Å². The van der Waals surface area contributed by atoms with Gasteiger partial charge in [-0.2, -0.15) is 0 Å². The third-order valence-corrected chi connectivity index (χ3v) is 8.00. The van der Waals surface area contributed by atoms with Gasteiger partial charge in [-0.1, -0.05) is 13.8 Å². The van der Waals surface area contributed by atoms with Crippen LogP contribution in [0.5, 0.6) is 5.75 Å². The first-order chi connectivity index (χ1) is 15.2. The lowest BCUT2D eigenvalue weighted by molar-refractivity contribution is 0.0531. The standard InChI is InChI=1S/C22H33N2O6PS/c1-7-28-22(26)19-15(6)24-21(32-19)16-10-11-18(25)17(12-16)20(23-13-14(4)5)31(27,29-8-2)30-9-3/h10-12,14,20,23,25H,7-9,13H2,1-6H3. The van der Waals surface area contributed by atoms with Crippen molar-refractivity contribution in [3.8, 4) is 16.3 Å². The molecule has 8 nitrogen and oxygen atoms in total. The molecule has 0 amide bonds. The first kappa shape index (κ1) is 26.5. The molecule has 0 saturated carbocycles. The average molecular weight is 485 g/mol. The van der Waals surface area contributed by atoms with Crippen LogP contribution in [0.4, 0.5) is 0 Å². The maximum Gasteiger partial charge on any atom is 0.352 e. The number of rotatable bonds is 12. The van der Waals surface area contributed by atoms with Gasteiger partial charge >= 0.3 is 13.6 Å². The summed E-state index contributed by atoms with van der Waals surface area (Å²) >= 11 is 1.21. The number of aromatic hydroxyl groups is 1. The summed E-state index contributed by atoms with van der Waals surface area (Å²) in [6.07, 6.45) is 0. The number of aryl methyl sites for hydroxylation is 1. The Morgan fingerprint density at radius 2 is 1.84 bits per heavy atom. The number of ether oxygens (including phenoxy) is 1. The fourth-order valence-corrected chi connectivity index (χ4v) is 6.02. The molecule has 178 valence electrons. The number of hydrogen-bond acceptors (Lipinski definition) is 9. The lowest BCUT2D eigenvalue weighted by Crippen LogP contribution is -2.27. The third kappa shape index (κ3) is 6.39. The number of carbonyl (C=O) groups excluding carboxylic acids is 1. The molecule has 0 radical (unpaired) electrons. The van der Waals surface area contributed by atoms with E-state index in [1.54, 1.807) is 39.8 Å². The zero-order chi connectivity index (χ0) is 23.9. The molecule has 1 aromatic carbocycles. The van der Waals surface area contributed by atoms with E-state index in [2.05, 4.69) is 10.3 Å². The van der Waals surface area contributed by atoms with E-state index in [4.69, 9.17) is 13.8 Å². The monoisotopic (exact) mass is 484 g/mol. The van der Waals surface area contributed by atoms with Crippen molar-refractivity contribution in [2.45, 2.75) is 47.3 Å². The molecule has 0 aliphatic rings. The van der Waals surface area contributed by atoms with Crippen LogP contribution in [0.2, 0.25) is 0 Å². The lowest BCUT2D eigenvalue weighted by atomic mass is 10.1. The summed E-state index contributed by atoms with van der Waals surface area (Å²) in [5.74, 6) is -1.04. The van der Waals surface area contributed by atoms with Gasteiger partial charge in [0.15, 0.2) is 0 Å². The normalized spacial score (nSPS) is 12.8. The van der Waals surface area contributed by atoms with E-state index in [9.17, 15) is 14.5 Å². The Kier molecular flexibility index (Phi) is 9.85. The van der Waals surface area contributed by atoms with E-state index in [1.165, 1.54) is 17.4 Å². The number of esters is 1. The first-order valence-electron chi connectivity index (χ1n) is 10.8. The zero-order valence-corrected chi connectivity index (χ0v) is 21.2. The smallest absolute Gasteiger partial charge is 0.352 e. The molecule has 1 unspecified atom stereocenters. The molecule has 10 heteroatoms. The molecule has 0 saturated heterocycles. The molecule has 2 aromatic rings. The van der Waals surface area contributed by atoms with Crippen LogP contribution in [-0.4, -0.2) is 42.4 Å². The number of carbonyl (C=O) groups is 1. The summed E-state index contributed by atoms with van der Waals surface area (Å²) in [7, 11) is -3.64. The number of nitrogens with one attached hydrogen (secondary N) is 1. The van der Waals surface area contributed by atoms with E-state index in [-0.39, 0.29) is 31.5 Å². The van der Waals surface area contributed by atoms with Gasteiger partial charge in [0.2, 0.25) is 0 Å². The second kappa shape index (κ2) is 11.9. The summed E-state index contributed by atoms with van der Waals surface area (Å²) in [4.78, 5) is 17.1. The second-order valence-electron chi connectivity index (χ2n) is 7.51. The molecular weight excluding hydrogens is 451 g/mol. The number of phenols is 1. The predicted molar refractivity (Wildman–Crippen MR) is 126 cm³/mol. The number of nitrogens with zero attached hydrogens (tertiary/aromatic N) is 1. The second-order valence-corrected chi connectivity index (χ2v) is 10.6. The SMILES string of the molecule is CCOC(=O)c1sc(-c2ccc(O)c(C(NCC(C)C)P(=O)(OCC)OCC)c2)nc1C. The predicted octanol–water partition coefficient (Wildman–Crippen LogP) is 5.51. The van der Waals surface area contributed by atoms with Gasteiger partial charge in [0.1, 0.15) is 21.4 Å². The number of aromatic nitrogens is 1. The quantitative estimate of drug-likeness (QED) is 0.300. The minimum Gasteiger partial charge on any atom is -0.508 e. The third-order valence-electron chi connectivity index (χ3n) is 4.48. The molecule has 1 aromatic heterocycles. The van der Waals surface area contributed by atoms with Crippen LogP contribution < -0.4 is 5.32 Å². The molecule has 0 spiro atoms. The van der Waals surface area contributed by atoms with Gasteiger partial charge in [0.05, 0.1) is 25.5 Å². The highest BCUT2D eigenvalue weighted by atomic mass is 32.1. The maximum atomic E-state index is 13.7. The Morgan fingerprint density at radius 3 is 2.41 bits per heavy atom. The Labute approximate surface area is 193 Å². The molecule has 0 aliphatic carbocycles. The van der Waals surface area contributed by atoms with Gasteiger partial charge in [0, 0.05) is 11.1 Å².